The zero-order chi connectivity index (χ0) is 26.8. The van der Waals surface area contributed by atoms with Gasteiger partial charge in [-0.1, -0.05) is 38.1 Å². The molecule has 2 N–H and O–H groups in total. The molecule has 3 aromatic carbocycles. The Hall–Kier alpha value is -3.56. The van der Waals surface area contributed by atoms with Crippen LogP contribution in [0.15, 0.2) is 65.6 Å². The molecule has 0 unspecified atom stereocenters. The van der Waals surface area contributed by atoms with Gasteiger partial charge in [0.15, 0.2) is 0 Å². The van der Waals surface area contributed by atoms with Crippen molar-refractivity contribution < 1.29 is 27.5 Å². The SMILES string of the molecule is Cc1ccc(C(=O)Nc2ccc(-c3ccc(S(=O)(=O)N(C)[C@H](C(=O)O)C(C)C)cc3)cc2F)cc1C. The quantitative estimate of drug-likeness (QED) is 0.438. The molecular weight excluding hydrogens is 483 g/mol. The Labute approximate surface area is 210 Å². The van der Waals surface area contributed by atoms with Gasteiger partial charge in [0, 0.05) is 12.6 Å². The van der Waals surface area contributed by atoms with Gasteiger partial charge in [-0.25, -0.2) is 12.8 Å². The summed E-state index contributed by atoms with van der Waals surface area (Å²) in [6.07, 6.45) is 0. The molecule has 0 bridgehead atoms. The van der Waals surface area contributed by atoms with Gasteiger partial charge in [0.2, 0.25) is 10.0 Å². The van der Waals surface area contributed by atoms with Crippen LogP contribution in [-0.4, -0.2) is 42.8 Å². The minimum Gasteiger partial charge on any atom is -0.480 e. The van der Waals surface area contributed by atoms with Gasteiger partial charge < -0.3 is 10.4 Å². The Balaban J connectivity index is 1.81. The van der Waals surface area contributed by atoms with Crippen molar-refractivity contribution in [1.82, 2.24) is 4.31 Å². The lowest BCUT2D eigenvalue weighted by atomic mass is 10.0. The summed E-state index contributed by atoms with van der Waals surface area (Å²) in [5, 5.41) is 12.0. The molecule has 0 fully saturated rings. The van der Waals surface area contributed by atoms with Crippen molar-refractivity contribution in [3.05, 3.63) is 83.2 Å². The summed E-state index contributed by atoms with van der Waals surface area (Å²) in [5.74, 6) is -2.72. The summed E-state index contributed by atoms with van der Waals surface area (Å²) in [6, 6.07) is 14.1. The number of aliphatic carboxylic acids is 1. The van der Waals surface area contributed by atoms with Crippen molar-refractivity contribution in [2.75, 3.05) is 12.4 Å². The maximum absolute atomic E-state index is 14.8. The summed E-state index contributed by atoms with van der Waals surface area (Å²) >= 11 is 0. The second-order valence-corrected chi connectivity index (χ2v) is 11.0. The number of aryl methyl sites for hydroxylation is 2. The molecule has 0 aliphatic heterocycles. The summed E-state index contributed by atoms with van der Waals surface area (Å²) in [5.41, 5.74) is 3.50. The van der Waals surface area contributed by atoms with Gasteiger partial charge in [-0.2, -0.15) is 4.31 Å². The summed E-state index contributed by atoms with van der Waals surface area (Å²) in [6.45, 7) is 7.10. The molecule has 0 aliphatic rings. The van der Waals surface area contributed by atoms with E-state index < -0.39 is 39.7 Å². The Morgan fingerprint density at radius 3 is 2.06 bits per heavy atom. The third-order valence-electron chi connectivity index (χ3n) is 6.13. The van der Waals surface area contributed by atoms with Crippen LogP contribution in [0, 0.1) is 25.6 Å². The Kier molecular flexibility index (Phi) is 7.96. The Morgan fingerprint density at radius 2 is 1.53 bits per heavy atom. The number of hydrogen-bond acceptors (Lipinski definition) is 4. The fourth-order valence-electron chi connectivity index (χ4n) is 3.87. The number of carboxylic acid groups (broad SMARTS) is 1. The third kappa shape index (κ3) is 5.63. The standard InChI is InChI=1S/C27H29FN2O5S/c1-16(2)25(27(32)33)30(5)36(34,35)22-11-8-19(9-12-22)20-10-13-24(23(28)15-20)29-26(31)21-7-6-17(3)18(4)14-21/h6-16,25H,1-5H3,(H,29,31)(H,32,33)/t25-/m0/s1. The van der Waals surface area contributed by atoms with Crippen LogP contribution >= 0.6 is 0 Å². The minimum atomic E-state index is -4.06. The van der Waals surface area contributed by atoms with E-state index in [2.05, 4.69) is 5.32 Å². The molecule has 1 atom stereocenters. The molecule has 0 aromatic heterocycles. The van der Waals surface area contributed by atoms with E-state index in [1.807, 2.05) is 19.9 Å². The zero-order valence-electron chi connectivity index (χ0n) is 20.7. The number of nitrogens with zero attached hydrogens (tertiary/aromatic N) is 1. The van der Waals surface area contributed by atoms with Crippen LogP contribution in [0.5, 0.6) is 0 Å². The Bertz CT molecular complexity index is 1400. The van der Waals surface area contributed by atoms with Crippen LogP contribution in [0.25, 0.3) is 11.1 Å². The maximum atomic E-state index is 14.8. The van der Waals surface area contributed by atoms with Gasteiger partial charge in [0.1, 0.15) is 11.9 Å². The van der Waals surface area contributed by atoms with Gasteiger partial charge in [-0.05, 0) is 78.4 Å². The van der Waals surface area contributed by atoms with Crippen LogP contribution < -0.4 is 5.32 Å². The number of carboxylic acids is 1. The van der Waals surface area contributed by atoms with E-state index >= 15 is 0 Å². The molecule has 36 heavy (non-hydrogen) atoms. The van der Waals surface area contributed by atoms with Crippen LogP contribution in [0.1, 0.15) is 35.3 Å². The first kappa shape index (κ1) is 27.0. The smallest absolute Gasteiger partial charge is 0.322 e. The van der Waals surface area contributed by atoms with E-state index in [1.165, 1.54) is 43.4 Å². The van der Waals surface area contributed by atoms with E-state index in [0.29, 0.717) is 16.7 Å². The third-order valence-corrected chi connectivity index (χ3v) is 7.98. The molecule has 0 aliphatic carbocycles. The highest BCUT2D eigenvalue weighted by Gasteiger charge is 2.34. The van der Waals surface area contributed by atoms with Gasteiger partial charge in [-0.15, -0.1) is 0 Å². The highest BCUT2D eigenvalue weighted by atomic mass is 32.2. The summed E-state index contributed by atoms with van der Waals surface area (Å²) < 4.78 is 41.5. The van der Waals surface area contributed by atoms with E-state index in [4.69, 9.17) is 0 Å². The molecule has 1 amide bonds. The van der Waals surface area contributed by atoms with Crippen molar-refractivity contribution in [2.24, 2.45) is 5.92 Å². The number of likely N-dealkylation sites (N-methyl/N-ethyl adjacent to an activating group) is 1. The molecular formula is C27H29FN2O5S. The van der Waals surface area contributed by atoms with Crippen molar-refractivity contribution in [2.45, 2.75) is 38.6 Å². The van der Waals surface area contributed by atoms with Crippen molar-refractivity contribution in [1.29, 1.82) is 0 Å². The van der Waals surface area contributed by atoms with Crippen molar-refractivity contribution in [3.8, 4) is 11.1 Å². The number of carbonyl (C=O) groups is 2. The highest BCUT2D eigenvalue weighted by molar-refractivity contribution is 7.89. The molecule has 0 saturated carbocycles. The lowest BCUT2D eigenvalue weighted by Gasteiger charge is -2.27. The topological polar surface area (TPSA) is 104 Å². The fourth-order valence-corrected chi connectivity index (χ4v) is 5.31. The number of halogens is 1. The lowest BCUT2D eigenvalue weighted by Crippen LogP contribution is -2.45. The van der Waals surface area contributed by atoms with Gasteiger partial charge in [-0.3, -0.25) is 9.59 Å². The predicted molar refractivity (Wildman–Crippen MR) is 137 cm³/mol. The Morgan fingerprint density at radius 1 is 0.917 bits per heavy atom. The monoisotopic (exact) mass is 512 g/mol. The highest BCUT2D eigenvalue weighted by Crippen LogP contribution is 2.27. The summed E-state index contributed by atoms with van der Waals surface area (Å²) in [7, 11) is -2.82. The van der Waals surface area contributed by atoms with Gasteiger partial charge in [0.05, 0.1) is 10.6 Å². The molecule has 9 heteroatoms. The van der Waals surface area contributed by atoms with Crippen LogP contribution in [0.2, 0.25) is 0 Å². The van der Waals surface area contributed by atoms with E-state index in [1.54, 1.807) is 32.0 Å². The molecule has 3 aromatic rings. The van der Waals surface area contributed by atoms with E-state index in [9.17, 15) is 27.5 Å². The fraction of sp³-hybridized carbons (Fsp3) is 0.259. The number of anilines is 1. The average molecular weight is 513 g/mol. The molecule has 7 nitrogen and oxygen atoms in total. The second kappa shape index (κ2) is 10.6. The first-order valence-corrected chi connectivity index (χ1v) is 12.8. The molecule has 3 rings (SSSR count). The van der Waals surface area contributed by atoms with Gasteiger partial charge in [0.25, 0.3) is 5.91 Å². The molecule has 190 valence electrons. The molecule has 0 radical (unpaired) electrons. The van der Waals surface area contributed by atoms with Crippen LogP contribution in [-0.2, 0) is 14.8 Å². The van der Waals surface area contributed by atoms with E-state index in [-0.39, 0.29) is 10.6 Å². The average Bonchev–Trinajstić information content (AvgIpc) is 2.81. The molecule has 0 saturated heterocycles. The molecule has 0 spiro atoms. The first-order valence-electron chi connectivity index (χ1n) is 11.3. The largest absolute Gasteiger partial charge is 0.480 e. The van der Waals surface area contributed by atoms with Crippen LogP contribution in [0.3, 0.4) is 0 Å². The number of rotatable bonds is 8. The number of amides is 1. The van der Waals surface area contributed by atoms with Crippen molar-refractivity contribution >= 4 is 27.6 Å². The number of carbonyl (C=O) groups excluding carboxylic acids is 1. The number of benzene rings is 3. The van der Waals surface area contributed by atoms with Crippen molar-refractivity contribution in [3.63, 3.8) is 0 Å². The minimum absolute atomic E-state index is 0.0243. The zero-order valence-corrected chi connectivity index (χ0v) is 21.6. The lowest BCUT2D eigenvalue weighted by molar-refractivity contribution is -0.142. The predicted octanol–water partition coefficient (Wildman–Crippen LogP) is 5.09. The van der Waals surface area contributed by atoms with E-state index in [0.717, 1.165) is 15.4 Å². The first-order chi connectivity index (χ1) is 16.8. The second-order valence-electron chi connectivity index (χ2n) is 9.02. The molecule has 0 heterocycles. The number of nitrogens with one attached hydrogen (secondary N) is 1. The number of sulfonamides is 1. The van der Waals surface area contributed by atoms with Crippen LogP contribution in [0.4, 0.5) is 10.1 Å². The normalized spacial score (nSPS) is 12.6. The maximum Gasteiger partial charge on any atom is 0.322 e. The van der Waals surface area contributed by atoms with Gasteiger partial charge >= 0.3 is 5.97 Å². The number of hydrogen-bond donors (Lipinski definition) is 2. The summed E-state index contributed by atoms with van der Waals surface area (Å²) in [4.78, 5) is 24.0.